The molecule has 1 aliphatic rings. The minimum atomic E-state index is -0.965. The van der Waals surface area contributed by atoms with Gasteiger partial charge < -0.3 is 5.11 Å². The Morgan fingerprint density at radius 3 is 3.00 bits per heavy atom. The first-order chi connectivity index (χ1) is 10.7. The molecule has 1 amide bonds. The highest BCUT2D eigenvalue weighted by atomic mass is 16.4. The number of rotatable bonds is 4. The number of pyridine rings is 1. The molecular weight excluding hydrogens is 284 g/mol. The number of fused-ring (bicyclic) bond motifs is 1. The minimum Gasteiger partial charge on any atom is -0.465 e. The third-order valence-electron chi connectivity index (χ3n) is 3.71. The molecule has 0 fully saturated rings. The number of carbonyl (C=O) groups excluding carboxylic acids is 1. The van der Waals surface area contributed by atoms with E-state index < -0.39 is 6.09 Å². The Balaban J connectivity index is 1.76. The Bertz CT molecular complexity index is 711. The van der Waals surface area contributed by atoms with E-state index in [0.29, 0.717) is 30.9 Å². The summed E-state index contributed by atoms with van der Waals surface area (Å²) in [6.07, 6.45) is 5.28. The number of hydrogen-bond acceptors (Lipinski definition) is 4. The molecule has 0 unspecified atom stereocenters. The fourth-order valence-electron chi connectivity index (χ4n) is 2.60. The van der Waals surface area contributed by atoms with Crippen molar-refractivity contribution in [3.8, 4) is 0 Å². The van der Waals surface area contributed by atoms with Gasteiger partial charge in [-0.25, -0.2) is 9.78 Å². The number of aromatic nitrogens is 3. The van der Waals surface area contributed by atoms with Gasteiger partial charge in [-0.2, -0.15) is 5.10 Å². The Labute approximate surface area is 127 Å². The Morgan fingerprint density at radius 2 is 2.27 bits per heavy atom. The fraction of sp³-hybridized carbons (Fsp3) is 0.333. The highest BCUT2D eigenvalue weighted by Gasteiger charge is 2.23. The predicted octanol–water partition coefficient (Wildman–Crippen LogP) is 1.76. The lowest BCUT2D eigenvalue weighted by atomic mass is 10.1. The molecule has 3 heterocycles. The molecule has 0 saturated heterocycles. The fourth-order valence-corrected chi connectivity index (χ4v) is 2.60. The summed E-state index contributed by atoms with van der Waals surface area (Å²) in [4.78, 5) is 27.7. The van der Waals surface area contributed by atoms with Crippen LogP contribution in [0.4, 0.5) is 10.6 Å². The van der Waals surface area contributed by atoms with Crippen LogP contribution < -0.4 is 4.90 Å². The van der Waals surface area contributed by atoms with Crippen molar-refractivity contribution in [3.05, 3.63) is 41.3 Å². The van der Waals surface area contributed by atoms with E-state index in [1.54, 1.807) is 10.9 Å². The monoisotopic (exact) mass is 300 g/mol. The summed E-state index contributed by atoms with van der Waals surface area (Å²) >= 11 is 0. The molecule has 0 atom stereocenters. The third kappa shape index (κ3) is 2.83. The summed E-state index contributed by atoms with van der Waals surface area (Å²) in [7, 11) is 0. The zero-order valence-corrected chi connectivity index (χ0v) is 12.0. The lowest BCUT2D eigenvalue weighted by molar-refractivity contribution is 0.112. The molecule has 1 N–H and O–H groups in total. The predicted molar refractivity (Wildman–Crippen MR) is 79.2 cm³/mol. The molecule has 0 aromatic carbocycles. The molecule has 1 aliphatic heterocycles. The van der Waals surface area contributed by atoms with Gasteiger partial charge in [-0.3, -0.25) is 14.4 Å². The van der Waals surface area contributed by atoms with Crippen molar-refractivity contribution in [2.24, 2.45) is 0 Å². The highest BCUT2D eigenvalue weighted by Crippen LogP contribution is 2.25. The van der Waals surface area contributed by atoms with Crippen molar-refractivity contribution in [2.75, 3.05) is 11.4 Å². The first-order valence-electron chi connectivity index (χ1n) is 7.14. The molecule has 2 aromatic heterocycles. The largest absolute Gasteiger partial charge is 0.465 e. The zero-order valence-electron chi connectivity index (χ0n) is 12.0. The summed E-state index contributed by atoms with van der Waals surface area (Å²) in [5, 5.41) is 13.3. The van der Waals surface area contributed by atoms with Gasteiger partial charge in [0.2, 0.25) is 0 Å². The molecule has 22 heavy (non-hydrogen) atoms. The summed E-state index contributed by atoms with van der Waals surface area (Å²) in [6, 6.07) is 3.88. The Morgan fingerprint density at radius 1 is 1.41 bits per heavy atom. The smallest absolute Gasteiger partial charge is 0.413 e. The van der Waals surface area contributed by atoms with Gasteiger partial charge in [-0.1, -0.05) is 6.07 Å². The van der Waals surface area contributed by atoms with E-state index in [4.69, 9.17) is 0 Å². The molecule has 2 aromatic rings. The van der Waals surface area contributed by atoms with Crippen LogP contribution in [0.15, 0.2) is 24.5 Å². The van der Waals surface area contributed by atoms with E-state index in [1.165, 1.54) is 11.1 Å². The van der Waals surface area contributed by atoms with E-state index in [0.717, 1.165) is 30.4 Å². The number of hydrogen-bond donors (Lipinski definition) is 1. The molecule has 0 saturated carbocycles. The summed E-state index contributed by atoms with van der Waals surface area (Å²) in [5.74, 6) is 0.547. The van der Waals surface area contributed by atoms with Gasteiger partial charge in [0.15, 0.2) is 6.29 Å². The first kappa shape index (κ1) is 14.2. The molecule has 7 nitrogen and oxygen atoms in total. The molecule has 0 radical (unpaired) electrons. The standard InChI is InChI=1S/C15H16N4O3/c20-10-11-8-16-18(9-11)7-5-13-4-3-12-2-1-6-19(15(21)22)14(12)17-13/h3-4,8-10H,1-2,5-7H2,(H,21,22). The normalized spacial score (nSPS) is 13.7. The van der Waals surface area contributed by atoms with E-state index in [1.807, 2.05) is 12.1 Å². The number of amides is 1. The second-order valence-corrected chi connectivity index (χ2v) is 5.23. The van der Waals surface area contributed by atoms with Crippen LogP contribution in [0.2, 0.25) is 0 Å². The quantitative estimate of drug-likeness (QED) is 0.869. The van der Waals surface area contributed by atoms with Crippen LogP contribution in [0.25, 0.3) is 0 Å². The molecule has 7 heteroatoms. The van der Waals surface area contributed by atoms with Crippen LogP contribution in [0.3, 0.4) is 0 Å². The maximum absolute atomic E-state index is 11.3. The topological polar surface area (TPSA) is 88.3 Å². The second kappa shape index (κ2) is 5.97. The molecule has 0 bridgehead atoms. The van der Waals surface area contributed by atoms with Gasteiger partial charge in [-0.05, 0) is 24.5 Å². The average Bonchev–Trinajstić information content (AvgIpc) is 3.00. The SMILES string of the molecule is O=Cc1cnn(CCc2ccc3c(n2)N(C(=O)O)CCC3)c1. The number of aryl methyl sites for hydroxylation is 3. The van der Waals surface area contributed by atoms with Crippen LogP contribution in [0.5, 0.6) is 0 Å². The molecule has 0 spiro atoms. The van der Waals surface area contributed by atoms with Crippen LogP contribution in [-0.4, -0.2) is 38.8 Å². The lowest BCUT2D eigenvalue weighted by Gasteiger charge is -2.26. The molecule has 3 rings (SSSR count). The third-order valence-corrected chi connectivity index (χ3v) is 3.71. The van der Waals surface area contributed by atoms with Crippen LogP contribution in [-0.2, 0) is 19.4 Å². The minimum absolute atomic E-state index is 0.487. The Hall–Kier alpha value is -2.70. The summed E-state index contributed by atoms with van der Waals surface area (Å²) in [6.45, 7) is 1.08. The van der Waals surface area contributed by atoms with Crippen molar-refractivity contribution in [3.63, 3.8) is 0 Å². The first-order valence-corrected chi connectivity index (χ1v) is 7.14. The number of aldehydes is 1. The van der Waals surface area contributed by atoms with E-state index in [9.17, 15) is 14.7 Å². The van der Waals surface area contributed by atoms with Crippen molar-refractivity contribution >= 4 is 18.2 Å². The molecule has 114 valence electrons. The number of nitrogens with zero attached hydrogens (tertiary/aromatic N) is 4. The van der Waals surface area contributed by atoms with Gasteiger partial charge in [0.05, 0.1) is 11.8 Å². The van der Waals surface area contributed by atoms with Gasteiger partial charge >= 0.3 is 6.09 Å². The Kier molecular flexibility index (Phi) is 3.86. The summed E-state index contributed by atoms with van der Waals surface area (Å²) < 4.78 is 1.68. The van der Waals surface area contributed by atoms with E-state index in [2.05, 4.69) is 10.1 Å². The second-order valence-electron chi connectivity index (χ2n) is 5.23. The van der Waals surface area contributed by atoms with Gasteiger partial charge in [0.25, 0.3) is 0 Å². The van der Waals surface area contributed by atoms with Crippen LogP contribution in [0, 0.1) is 0 Å². The van der Waals surface area contributed by atoms with Gasteiger partial charge in [-0.15, -0.1) is 0 Å². The van der Waals surface area contributed by atoms with Gasteiger partial charge in [0.1, 0.15) is 5.82 Å². The van der Waals surface area contributed by atoms with Gasteiger partial charge in [0, 0.05) is 31.4 Å². The van der Waals surface area contributed by atoms with E-state index in [-0.39, 0.29) is 0 Å². The number of anilines is 1. The molecule has 0 aliphatic carbocycles. The van der Waals surface area contributed by atoms with Crippen molar-refractivity contribution < 1.29 is 14.7 Å². The maximum atomic E-state index is 11.3. The van der Waals surface area contributed by atoms with Crippen LogP contribution in [0.1, 0.15) is 28.0 Å². The van der Waals surface area contributed by atoms with Crippen molar-refractivity contribution in [1.82, 2.24) is 14.8 Å². The number of carbonyl (C=O) groups is 2. The van der Waals surface area contributed by atoms with Crippen LogP contribution >= 0.6 is 0 Å². The number of carboxylic acid groups (broad SMARTS) is 1. The zero-order chi connectivity index (χ0) is 15.5. The molecular formula is C15H16N4O3. The van der Waals surface area contributed by atoms with Crippen molar-refractivity contribution in [2.45, 2.75) is 25.8 Å². The highest BCUT2D eigenvalue weighted by molar-refractivity contribution is 5.86. The lowest BCUT2D eigenvalue weighted by Crippen LogP contribution is -2.35. The average molecular weight is 300 g/mol. The summed E-state index contributed by atoms with van der Waals surface area (Å²) in [5.41, 5.74) is 2.32. The maximum Gasteiger partial charge on any atom is 0.413 e. The van der Waals surface area contributed by atoms with Crippen molar-refractivity contribution in [1.29, 1.82) is 0 Å². The van der Waals surface area contributed by atoms with E-state index >= 15 is 0 Å².